The van der Waals surface area contributed by atoms with Crippen LogP contribution in [0.4, 0.5) is 19.0 Å². The smallest absolute Gasteiger partial charge is 0.272 e. The first kappa shape index (κ1) is 12.5. The quantitative estimate of drug-likeness (QED) is 0.770. The first-order valence-corrected chi connectivity index (χ1v) is 5.10. The molecule has 1 aromatic rings. The molecular weight excluding hydrogens is 249 g/mol. The van der Waals surface area contributed by atoms with E-state index in [1.807, 2.05) is 0 Å². The van der Waals surface area contributed by atoms with Gasteiger partial charge in [0.1, 0.15) is 0 Å². The maximum atomic E-state index is 12.6. The summed E-state index contributed by atoms with van der Waals surface area (Å²) in [5.74, 6) is -2.11. The average molecular weight is 258 g/mol. The van der Waals surface area contributed by atoms with Crippen LogP contribution in [0.1, 0.15) is 12.6 Å². The van der Waals surface area contributed by atoms with E-state index in [-0.39, 0.29) is 5.82 Å². The van der Waals surface area contributed by atoms with Crippen LogP contribution in [0.2, 0.25) is 0 Å². The molecule has 1 unspecified atom stereocenters. The van der Waals surface area contributed by atoms with Crippen LogP contribution in [-0.4, -0.2) is 28.0 Å². The normalized spacial score (nSPS) is 20.3. The van der Waals surface area contributed by atoms with Crippen LogP contribution in [0.15, 0.2) is 17.2 Å². The Balaban J connectivity index is 2.38. The number of anilines is 1. The predicted octanol–water partition coefficient (Wildman–Crippen LogP) is 1.69. The van der Waals surface area contributed by atoms with E-state index < -0.39 is 23.7 Å². The van der Waals surface area contributed by atoms with E-state index in [9.17, 15) is 18.0 Å². The molecule has 96 valence electrons. The number of aromatic nitrogens is 2. The van der Waals surface area contributed by atoms with Crippen molar-refractivity contribution in [3.05, 3.63) is 17.8 Å². The van der Waals surface area contributed by atoms with Gasteiger partial charge in [0.15, 0.2) is 11.5 Å². The first-order valence-electron chi connectivity index (χ1n) is 5.10. The Morgan fingerprint density at radius 3 is 2.39 bits per heavy atom. The second-order valence-electron chi connectivity index (χ2n) is 3.89. The van der Waals surface area contributed by atoms with Crippen LogP contribution >= 0.6 is 0 Å². The molecule has 1 aromatic heterocycles. The highest BCUT2D eigenvalue weighted by atomic mass is 19.4. The fourth-order valence-electron chi connectivity index (χ4n) is 1.52. The van der Waals surface area contributed by atoms with Gasteiger partial charge in [-0.05, 0) is 26.0 Å². The van der Waals surface area contributed by atoms with Crippen molar-refractivity contribution in [3.63, 3.8) is 0 Å². The van der Waals surface area contributed by atoms with Crippen molar-refractivity contribution in [3.8, 4) is 0 Å². The van der Waals surface area contributed by atoms with Crippen molar-refractivity contribution >= 4 is 17.4 Å². The second-order valence-corrected chi connectivity index (χ2v) is 3.89. The third kappa shape index (κ3) is 2.05. The Bertz CT molecular complexity index is 509. The lowest BCUT2D eigenvalue weighted by molar-refractivity contribution is -0.120. The van der Waals surface area contributed by atoms with Gasteiger partial charge in [0.25, 0.3) is 5.91 Å². The molecule has 1 aliphatic heterocycles. The number of rotatable bonds is 1. The molecule has 2 rings (SSSR count). The maximum Gasteiger partial charge on any atom is 0.432 e. The van der Waals surface area contributed by atoms with Crippen LogP contribution < -0.4 is 5.01 Å². The summed E-state index contributed by atoms with van der Waals surface area (Å²) >= 11 is 0. The second kappa shape index (κ2) is 4.04. The Kier molecular flexibility index (Phi) is 2.80. The molecule has 0 spiro atoms. The summed E-state index contributed by atoms with van der Waals surface area (Å²) in [6, 6.07) is 2.94. The van der Waals surface area contributed by atoms with E-state index in [1.165, 1.54) is 6.07 Å². The van der Waals surface area contributed by atoms with Gasteiger partial charge in [0.2, 0.25) is 0 Å². The number of carbonyl (C=O) groups is 1. The summed E-state index contributed by atoms with van der Waals surface area (Å²) in [5.41, 5.74) is -0.520. The summed E-state index contributed by atoms with van der Waals surface area (Å²) in [5, 5.41) is 11.3. The van der Waals surface area contributed by atoms with Crippen LogP contribution in [0, 0.1) is 12.8 Å². The highest BCUT2D eigenvalue weighted by Crippen LogP contribution is 2.30. The van der Waals surface area contributed by atoms with Crippen molar-refractivity contribution < 1.29 is 18.0 Å². The van der Waals surface area contributed by atoms with Crippen LogP contribution in [-0.2, 0) is 4.79 Å². The summed E-state index contributed by atoms with van der Waals surface area (Å²) in [7, 11) is 0. The topological polar surface area (TPSA) is 58.5 Å². The van der Waals surface area contributed by atoms with Gasteiger partial charge in [-0.3, -0.25) is 4.79 Å². The summed E-state index contributed by atoms with van der Waals surface area (Å²) < 4.78 is 37.8. The van der Waals surface area contributed by atoms with E-state index in [0.717, 1.165) is 6.92 Å². The fraction of sp³-hybridized carbons (Fsp3) is 0.400. The molecule has 0 aromatic carbocycles. The number of alkyl halides is 3. The number of hydrogen-bond acceptors (Lipinski definition) is 4. The molecule has 0 N–H and O–H groups in total. The minimum absolute atomic E-state index is 0.0169. The predicted molar refractivity (Wildman–Crippen MR) is 56.9 cm³/mol. The van der Waals surface area contributed by atoms with Crippen molar-refractivity contribution in [2.45, 2.75) is 20.0 Å². The summed E-state index contributed by atoms with van der Waals surface area (Å²) in [4.78, 5) is 11.7. The van der Waals surface area contributed by atoms with Gasteiger partial charge in [0, 0.05) is 0 Å². The molecule has 1 aliphatic rings. The molecular formula is C10H9F3N4O. The number of hydrogen-bond donors (Lipinski definition) is 0. The molecule has 18 heavy (non-hydrogen) atoms. The molecule has 5 nitrogen and oxygen atoms in total. The standard InChI is InChI=1S/C10H9F3N4O/c1-5-3-4-7(15-14-5)17-9(18)6(2)8(16-17)10(11,12)13/h3-4,6H,1-2H3. The maximum absolute atomic E-state index is 12.6. The summed E-state index contributed by atoms with van der Waals surface area (Å²) in [6.07, 6.45) is -4.62. The molecule has 0 radical (unpaired) electrons. The van der Waals surface area contributed by atoms with Crippen LogP contribution in [0.3, 0.4) is 0 Å². The van der Waals surface area contributed by atoms with Gasteiger partial charge >= 0.3 is 6.18 Å². The van der Waals surface area contributed by atoms with Gasteiger partial charge in [-0.25, -0.2) is 0 Å². The van der Waals surface area contributed by atoms with E-state index in [2.05, 4.69) is 15.3 Å². The Morgan fingerprint density at radius 1 is 1.28 bits per heavy atom. The third-order valence-electron chi connectivity index (χ3n) is 2.49. The molecule has 1 amide bonds. The zero-order chi connectivity index (χ0) is 13.5. The van der Waals surface area contributed by atoms with Gasteiger partial charge in [-0.2, -0.15) is 28.4 Å². The van der Waals surface area contributed by atoms with Crippen molar-refractivity contribution in [1.29, 1.82) is 0 Å². The van der Waals surface area contributed by atoms with Crippen molar-refractivity contribution in [1.82, 2.24) is 10.2 Å². The van der Waals surface area contributed by atoms with Crippen molar-refractivity contribution in [2.24, 2.45) is 11.0 Å². The SMILES string of the molecule is Cc1ccc(N2N=C(C(F)(F)F)C(C)C2=O)nn1. The molecule has 1 atom stereocenters. The molecule has 2 heterocycles. The molecule has 8 heteroatoms. The zero-order valence-corrected chi connectivity index (χ0v) is 9.56. The number of carbonyl (C=O) groups excluding carboxylic acids is 1. The molecule has 0 bridgehead atoms. The molecule has 0 saturated carbocycles. The monoisotopic (exact) mass is 258 g/mol. The number of aryl methyl sites for hydroxylation is 1. The van der Waals surface area contributed by atoms with Gasteiger partial charge in [0.05, 0.1) is 11.6 Å². The van der Waals surface area contributed by atoms with E-state index >= 15 is 0 Å². The highest BCUT2D eigenvalue weighted by Gasteiger charge is 2.48. The largest absolute Gasteiger partial charge is 0.432 e. The minimum Gasteiger partial charge on any atom is -0.272 e. The number of halogens is 3. The van der Waals surface area contributed by atoms with Crippen molar-refractivity contribution in [2.75, 3.05) is 5.01 Å². The number of hydrazone groups is 1. The Hall–Kier alpha value is -1.99. The first-order chi connectivity index (χ1) is 8.30. The highest BCUT2D eigenvalue weighted by molar-refractivity contribution is 6.16. The third-order valence-corrected chi connectivity index (χ3v) is 2.49. The molecule has 0 aliphatic carbocycles. The van der Waals surface area contributed by atoms with Crippen LogP contribution in [0.25, 0.3) is 0 Å². The fourth-order valence-corrected chi connectivity index (χ4v) is 1.52. The Morgan fingerprint density at radius 2 is 1.94 bits per heavy atom. The Labute approximate surface area is 100 Å². The molecule has 0 fully saturated rings. The average Bonchev–Trinajstić information content (AvgIpc) is 2.57. The summed E-state index contributed by atoms with van der Waals surface area (Å²) in [6.45, 7) is 2.84. The minimum atomic E-state index is -4.62. The zero-order valence-electron chi connectivity index (χ0n) is 9.56. The van der Waals surface area contributed by atoms with Gasteiger partial charge in [-0.15, -0.1) is 5.10 Å². The lowest BCUT2D eigenvalue weighted by Crippen LogP contribution is -2.31. The molecule has 0 saturated heterocycles. The number of amides is 1. The number of nitrogens with zero attached hydrogens (tertiary/aromatic N) is 4. The van der Waals surface area contributed by atoms with E-state index in [1.54, 1.807) is 13.0 Å². The van der Waals surface area contributed by atoms with Crippen LogP contribution in [0.5, 0.6) is 0 Å². The van der Waals surface area contributed by atoms with E-state index in [4.69, 9.17) is 0 Å². The van der Waals surface area contributed by atoms with E-state index in [0.29, 0.717) is 10.7 Å². The lowest BCUT2D eigenvalue weighted by Gasteiger charge is -2.10. The lowest BCUT2D eigenvalue weighted by atomic mass is 10.1. The van der Waals surface area contributed by atoms with Gasteiger partial charge < -0.3 is 0 Å². The van der Waals surface area contributed by atoms with Gasteiger partial charge in [-0.1, -0.05) is 0 Å².